The Morgan fingerprint density at radius 2 is 2.17 bits per heavy atom. The standard InChI is InChI=1S/C8H7ClF2O/c9-4-8(12)6-3-5(10)1-2-7(6)11/h3H,1-2,4H2. The van der Waals surface area contributed by atoms with Gasteiger partial charge in [0.1, 0.15) is 11.7 Å². The first-order valence-electron chi connectivity index (χ1n) is 3.49. The molecule has 0 aromatic carbocycles. The summed E-state index contributed by atoms with van der Waals surface area (Å²) in [6, 6.07) is 0. The first-order valence-corrected chi connectivity index (χ1v) is 4.02. The lowest BCUT2D eigenvalue weighted by Gasteiger charge is -2.08. The van der Waals surface area contributed by atoms with Crippen molar-refractivity contribution in [3.05, 3.63) is 23.3 Å². The van der Waals surface area contributed by atoms with Crippen LogP contribution in [0.5, 0.6) is 0 Å². The predicted molar refractivity (Wildman–Crippen MR) is 42.3 cm³/mol. The summed E-state index contributed by atoms with van der Waals surface area (Å²) in [6.45, 7) is 0. The van der Waals surface area contributed by atoms with Gasteiger partial charge in [-0.25, -0.2) is 8.78 Å². The number of ketones is 1. The summed E-state index contributed by atoms with van der Waals surface area (Å²) in [5.74, 6) is -1.91. The molecule has 1 nitrogen and oxygen atoms in total. The largest absolute Gasteiger partial charge is 0.293 e. The van der Waals surface area contributed by atoms with E-state index in [1.165, 1.54) is 0 Å². The second kappa shape index (κ2) is 3.81. The molecule has 1 aliphatic rings. The zero-order valence-electron chi connectivity index (χ0n) is 6.24. The monoisotopic (exact) mass is 192 g/mol. The summed E-state index contributed by atoms with van der Waals surface area (Å²) in [7, 11) is 0. The highest BCUT2D eigenvalue weighted by atomic mass is 35.5. The Balaban J connectivity index is 2.93. The van der Waals surface area contributed by atoms with E-state index in [4.69, 9.17) is 11.6 Å². The number of carbonyl (C=O) groups is 1. The average Bonchev–Trinajstić information content (AvgIpc) is 2.08. The highest BCUT2D eigenvalue weighted by Gasteiger charge is 2.18. The van der Waals surface area contributed by atoms with Crippen molar-refractivity contribution in [2.45, 2.75) is 12.8 Å². The first kappa shape index (κ1) is 9.39. The molecule has 0 radical (unpaired) electrons. The number of halogens is 3. The van der Waals surface area contributed by atoms with E-state index in [9.17, 15) is 13.6 Å². The Labute approximate surface area is 73.7 Å². The zero-order chi connectivity index (χ0) is 9.14. The number of rotatable bonds is 2. The Kier molecular flexibility index (Phi) is 2.98. The second-order valence-electron chi connectivity index (χ2n) is 2.47. The molecule has 0 fully saturated rings. The molecular weight excluding hydrogens is 186 g/mol. The second-order valence-corrected chi connectivity index (χ2v) is 2.73. The number of Topliss-reactive ketones (excluding diaryl/α,β-unsaturated/α-hetero) is 1. The molecule has 0 amide bonds. The van der Waals surface area contributed by atoms with Crippen molar-refractivity contribution < 1.29 is 13.6 Å². The third-order valence-electron chi connectivity index (χ3n) is 1.60. The summed E-state index contributed by atoms with van der Waals surface area (Å²) >= 11 is 5.20. The lowest BCUT2D eigenvalue weighted by molar-refractivity contribution is -0.113. The first-order chi connectivity index (χ1) is 5.65. The molecule has 0 aromatic heterocycles. The van der Waals surface area contributed by atoms with Gasteiger partial charge in [-0.3, -0.25) is 4.79 Å². The van der Waals surface area contributed by atoms with Crippen molar-refractivity contribution >= 4 is 17.4 Å². The summed E-state index contributed by atoms with van der Waals surface area (Å²) in [6.07, 6.45) is 0.911. The molecule has 1 rings (SSSR count). The number of hydrogen-bond acceptors (Lipinski definition) is 1. The maximum absolute atomic E-state index is 12.8. The minimum Gasteiger partial charge on any atom is -0.293 e. The van der Waals surface area contributed by atoms with Crippen LogP contribution in [0.15, 0.2) is 23.3 Å². The summed E-state index contributed by atoms with van der Waals surface area (Å²) in [4.78, 5) is 10.9. The van der Waals surface area contributed by atoms with Gasteiger partial charge in [-0.2, -0.15) is 0 Å². The SMILES string of the molecule is O=C(CCl)C1=C(F)CCC(F)=C1. The van der Waals surface area contributed by atoms with Gasteiger partial charge in [0.2, 0.25) is 0 Å². The maximum atomic E-state index is 12.8. The van der Waals surface area contributed by atoms with E-state index in [2.05, 4.69) is 0 Å². The molecule has 0 saturated carbocycles. The van der Waals surface area contributed by atoms with Crippen LogP contribution in [-0.4, -0.2) is 11.7 Å². The molecule has 0 aliphatic heterocycles. The van der Waals surface area contributed by atoms with Crippen LogP contribution in [-0.2, 0) is 4.79 Å². The molecule has 1 aliphatic carbocycles. The number of alkyl halides is 1. The van der Waals surface area contributed by atoms with Crippen LogP contribution < -0.4 is 0 Å². The Morgan fingerprint density at radius 3 is 2.75 bits per heavy atom. The van der Waals surface area contributed by atoms with Crippen LogP contribution in [0.4, 0.5) is 8.78 Å². The fourth-order valence-corrected chi connectivity index (χ4v) is 1.12. The molecule has 66 valence electrons. The molecule has 0 bridgehead atoms. The molecule has 0 saturated heterocycles. The van der Waals surface area contributed by atoms with E-state index >= 15 is 0 Å². The van der Waals surface area contributed by atoms with Crippen LogP contribution in [0.2, 0.25) is 0 Å². The van der Waals surface area contributed by atoms with Crippen molar-refractivity contribution in [3.63, 3.8) is 0 Å². The van der Waals surface area contributed by atoms with Gasteiger partial charge in [0, 0.05) is 12.8 Å². The highest BCUT2D eigenvalue weighted by molar-refractivity contribution is 6.30. The van der Waals surface area contributed by atoms with E-state index < -0.39 is 17.4 Å². The van der Waals surface area contributed by atoms with Gasteiger partial charge in [0.05, 0.1) is 11.5 Å². The van der Waals surface area contributed by atoms with Gasteiger partial charge in [-0.15, -0.1) is 11.6 Å². The molecule has 0 atom stereocenters. The quantitative estimate of drug-likeness (QED) is 0.615. The molecule has 4 heteroatoms. The summed E-state index contributed by atoms with van der Waals surface area (Å²) in [5.41, 5.74) is -0.214. The summed E-state index contributed by atoms with van der Waals surface area (Å²) < 4.78 is 25.4. The van der Waals surface area contributed by atoms with Crippen molar-refractivity contribution in [1.29, 1.82) is 0 Å². The molecule has 0 unspecified atom stereocenters. The van der Waals surface area contributed by atoms with E-state index in [0.29, 0.717) is 0 Å². The highest BCUT2D eigenvalue weighted by Crippen LogP contribution is 2.26. The average molecular weight is 193 g/mol. The van der Waals surface area contributed by atoms with Crippen molar-refractivity contribution in [2.24, 2.45) is 0 Å². The van der Waals surface area contributed by atoms with E-state index in [0.717, 1.165) is 6.08 Å². The molecule has 0 heterocycles. The zero-order valence-corrected chi connectivity index (χ0v) is 7.00. The van der Waals surface area contributed by atoms with Crippen molar-refractivity contribution in [1.82, 2.24) is 0 Å². The number of allylic oxidation sites excluding steroid dienone is 4. The van der Waals surface area contributed by atoms with Gasteiger partial charge in [-0.1, -0.05) is 0 Å². The van der Waals surface area contributed by atoms with E-state index in [-0.39, 0.29) is 24.3 Å². The Morgan fingerprint density at radius 1 is 1.50 bits per heavy atom. The van der Waals surface area contributed by atoms with Gasteiger partial charge in [0.15, 0.2) is 5.78 Å². The van der Waals surface area contributed by atoms with E-state index in [1.807, 2.05) is 0 Å². The van der Waals surface area contributed by atoms with Gasteiger partial charge in [-0.05, 0) is 6.08 Å². The number of carbonyl (C=O) groups excluding carboxylic acids is 1. The van der Waals surface area contributed by atoms with Crippen LogP contribution in [0.1, 0.15) is 12.8 Å². The minimum absolute atomic E-state index is 0.0326. The molecule has 0 spiro atoms. The molecule has 0 aromatic rings. The fraction of sp³-hybridized carbons (Fsp3) is 0.375. The maximum Gasteiger partial charge on any atom is 0.180 e. The lowest BCUT2D eigenvalue weighted by atomic mass is 10.0. The van der Waals surface area contributed by atoms with Gasteiger partial charge >= 0.3 is 0 Å². The van der Waals surface area contributed by atoms with Crippen molar-refractivity contribution in [3.8, 4) is 0 Å². The number of hydrogen-bond donors (Lipinski definition) is 0. The smallest absolute Gasteiger partial charge is 0.180 e. The molecule has 0 N–H and O–H groups in total. The lowest BCUT2D eigenvalue weighted by Crippen LogP contribution is -2.07. The third-order valence-corrected chi connectivity index (χ3v) is 1.84. The van der Waals surface area contributed by atoms with Crippen molar-refractivity contribution in [2.75, 3.05) is 5.88 Å². The van der Waals surface area contributed by atoms with Crippen LogP contribution in [0, 0.1) is 0 Å². The summed E-state index contributed by atoms with van der Waals surface area (Å²) in [5, 5.41) is 0. The fourth-order valence-electron chi connectivity index (χ4n) is 0.975. The van der Waals surface area contributed by atoms with Crippen LogP contribution in [0.3, 0.4) is 0 Å². The van der Waals surface area contributed by atoms with Crippen LogP contribution >= 0.6 is 11.6 Å². The van der Waals surface area contributed by atoms with E-state index in [1.54, 1.807) is 0 Å². The Bertz CT molecular complexity index is 268. The normalized spacial score (nSPS) is 17.8. The third kappa shape index (κ3) is 1.91. The molecular formula is C8H7ClF2O. The van der Waals surface area contributed by atoms with Gasteiger partial charge < -0.3 is 0 Å². The Hall–Kier alpha value is -0.700. The van der Waals surface area contributed by atoms with Gasteiger partial charge in [0.25, 0.3) is 0 Å². The predicted octanol–water partition coefficient (Wildman–Crippen LogP) is 2.67. The molecule has 12 heavy (non-hydrogen) atoms. The minimum atomic E-state index is -0.568. The topological polar surface area (TPSA) is 17.1 Å². The van der Waals surface area contributed by atoms with Crippen LogP contribution in [0.25, 0.3) is 0 Å².